The highest BCUT2D eigenvalue weighted by molar-refractivity contribution is 9.10. The quantitative estimate of drug-likeness (QED) is 0.548. The molecule has 0 unspecified atom stereocenters. The van der Waals surface area contributed by atoms with E-state index in [-0.39, 0.29) is 23.7 Å². The van der Waals surface area contributed by atoms with E-state index in [1.807, 2.05) is 13.0 Å². The summed E-state index contributed by atoms with van der Waals surface area (Å²) in [6.07, 6.45) is 1.10. The van der Waals surface area contributed by atoms with Crippen LogP contribution in [0.5, 0.6) is 11.5 Å². The van der Waals surface area contributed by atoms with Gasteiger partial charge in [0, 0.05) is 33.3 Å². The molecule has 0 aromatic heterocycles. The topological polar surface area (TPSA) is 82.9 Å². The maximum absolute atomic E-state index is 12.6. The molecule has 26 heavy (non-hydrogen) atoms. The Morgan fingerprint density at radius 3 is 2.54 bits per heavy atom. The summed E-state index contributed by atoms with van der Waals surface area (Å²) >= 11 is 3.34. The number of nitriles is 1. The Morgan fingerprint density at radius 2 is 2.00 bits per heavy atom. The van der Waals surface area contributed by atoms with Crippen LogP contribution in [0.2, 0.25) is 0 Å². The SMILES string of the molecule is CCOc1cc(C#N)cc(Br)c1OC(=O)C1CCN(C(=O)N(C)C)CC1. The lowest BCUT2D eigenvalue weighted by Gasteiger charge is -2.32. The number of carbonyl (C=O) groups is 2. The Morgan fingerprint density at radius 1 is 1.35 bits per heavy atom. The molecule has 1 fully saturated rings. The third-order valence-electron chi connectivity index (χ3n) is 4.12. The van der Waals surface area contributed by atoms with Crippen LogP contribution >= 0.6 is 15.9 Å². The van der Waals surface area contributed by atoms with E-state index >= 15 is 0 Å². The van der Waals surface area contributed by atoms with E-state index in [0.29, 0.717) is 48.3 Å². The highest BCUT2D eigenvalue weighted by atomic mass is 79.9. The number of ether oxygens (including phenoxy) is 2. The number of likely N-dealkylation sites (tertiary alicyclic amines) is 1. The molecule has 0 atom stereocenters. The lowest BCUT2D eigenvalue weighted by atomic mass is 9.97. The van der Waals surface area contributed by atoms with Crippen LogP contribution in [-0.4, -0.2) is 55.6 Å². The van der Waals surface area contributed by atoms with Gasteiger partial charge in [0.05, 0.1) is 28.6 Å². The van der Waals surface area contributed by atoms with Gasteiger partial charge in [-0.3, -0.25) is 4.79 Å². The zero-order valence-electron chi connectivity index (χ0n) is 15.1. The van der Waals surface area contributed by atoms with Gasteiger partial charge in [-0.25, -0.2) is 4.79 Å². The standard InChI is InChI=1S/C18H22BrN3O4/c1-4-25-15-10-12(11-20)9-14(19)16(15)26-17(23)13-5-7-22(8-6-13)18(24)21(2)3/h9-10,13H,4-8H2,1-3H3. The fraction of sp³-hybridized carbons (Fsp3) is 0.500. The van der Waals surface area contributed by atoms with Gasteiger partial charge in [0.2, 0.25) is 0 Å². The van der Waals surface area contributed by atoms with Crippen molar-refractivity contribution in [1.82, 2.24) is 9.80 Å². The van der Waals surface area contributed by atoms with Gasteiger partial charge in [-0.05, 0) is 41.8 Å². The van der Waals surface area contributed by atoms with E-state index in [2.05, 4.69) is 15.9 Å². The molecule has 8 heteroatoms. The second-order valence-corrected chi connectivity index (χ2v) is 7.04. The maximum Gasteiger partial charge on any atom is 0.319 e. The van der Waals surface area contributed by atoms with Crippen LogP contribution in [0.25, 0.3) is 0 Å². The molecule has 0 radical (unpaired) electrons. The third kappa shape index (κ3) is 4.67. The first kappa shape index (κ1) is 20.0. The molecule has 1 aliphatic rings. The summed E-state index contributed by atoms with van der Waals surface area (Å²) in [4.78, 5) is 27.8. The molecule has 1 aliphatic heterocycles. The molecule has 0 saturated carbocycles. The van der Waals surface area contributed by atoms with Crippen molar-refractivity contribution in [3.63, 3.8) is 0 Å². The number of urea groups is 1. The first-order chi connectivity index (χ1) is 12.4. The van der Waals surface area contributed by atoms with Gasteiger partial charge in [0.25, 0.3) is 0 Å². The van der Waals surface area contributed by atoms with Crippen LogP contribution in [0, 0.1) is 17.2 Å². The van der Waals surface area contributed by atoms with Gasteiger partial charge >= 0.3 is 12.0 Å². The summed E-state index contributed by atoms with van der Waals surface area (Å²) < 4.78 is 11.6. The van der Waals surface area contributed by atoms with Crippen molar-refractivity contribution in [3.05, 3.63) is 22.2 Å². The summed E-state index contributed by atoms with van der Waals surface area (Å²) in [5.74, 6) is 0.00110. The Bertz CT molecular complexity index is 722. The summed E-state index contributed by atoms with van der Waals surface area (Å²) in [5, 5.41) is 9.07. The predicted octanol–water partition coefficient (Wildman–Crippen LogP) is 3.02. The first-order valence-corrected chi connectivity index (χ1v) is 9.21. The van der Waals surface area contributed by atoms with E-state index in [4.69, 9.17) is 14.7 Å². The number of rotatable bonds is 4. The molecule has 0 spiro atoms. The molecule has 1 aromatic carbocycles. The molecule has 7 nitrogen and oxygen atoms in total. The number of piperidine rings is 1. The number of carbonyl (C=O) groups excluding carboxylic acids is 2. The molecular formula is C18H22BrN3O4. The van der Waals surface area contributed by atoms with E-state index in [9.17, 15) is 9.59 Å². The second-order valence-electron chi connectivity index (χ2n) is 6.19. The summed E-state index contributed by atoms with van der Waals surface area (Å²) in [5.41, 5.74) is 0.413. The Balaban J connectivity index is 2.07. The average Bonchev–Trinajstić information content (AvgIpc) is 2.63. The van der Waals surface area contributed by atoms with Crippen molar-refractivity contribution in [3.8, 4) is 17.6 Å². The zero-order chi connectivity index (χ0) is 19.3. The van der Waals surface area contributed by atoms with Crippen molar-refractivity contribution < 1.29 is 19.1 Å². The molecule has 1 saturated heterocycles. The number of halogens is 1. The van der Waals surface area contributed by atoms with E-state index < -0.39 is 0 Å². The molecule has 0 bridgehead atoms. The Hall–Kier alpha value is -2.27. The fourth-order valence-electron chi connectivity index (χ4n) is 2.77. The van der Waals surface area contributed by atoms with Gasteiger partial charge in [-0.1, -0.05) is 0 Å². The van der Waals surface area contributed by atoms with Gasteiger partial charge in [0.15, 0.2) is 11.5 Å². The Kier molecular flexibility index (Phi) is 6.86. The maximum atomic E-state index is 12.6. The van der Waals surface area contributed by atoms with Crippen molar-refractivity contribution >= 4 is 27.9 Å². The van der Waals surface area contributed by atoms with Gasteiger partial charge < -0.3 is 19.3 Å². The lowest BCUT2D eigenvalue weighted by molar-refractivity contribution is -0.140. The first-order valence-electron chi connectivity index (χ1n) is 8.41. The molecule has 0 N–H and O–H groups in total. The minimum Gasteiger partial charge on any atom is -0.490 e. The summed E-state index contributed by atoms with van der Waals surface area (Å²) in [6.45, 7) is 3.24. The second kappa shape index (κ2) is 8.90. The monoisotopic (exact) mass is 423 g/mol. The normalized spacial score (nSPS) is 14.5. The number of benzene rings is 1. The van der Waals surface area contributed by atoms with Gasteiger partial charge in [-0.15, -0.1) is 0 Å². The zero-order valence-corrected chi connectivity index (χ0v) is 16.7. The van der Waals surface area contributed by atoms with E-state index in [0.717, 1.165) is 0 Å². The number of hydrogen-bond donors (Lipinski definition) is 0. The summed E-state index contributed by atoms with van der Waals surface area (Å²) in [6, 6.07) is 5.13. The van der Waals surface area contributed by atoms with Crippen LogP contribution in [-0.2, 0) is 4.79 Å². The van der Waals surface area contributed by atoms with Gasteiger partial charge in [-0.2, -0.15) is 5.26 Å². The van der Waals surface area contributed by atoms with Crippen molar-refractivity contribution in [2.75, 3.05) is 33.8 Å². The van der Waals surface area contributed by atoms with Gasteiger partial charge in [0.1, 0.15) is 0 Å². The molecule has 0 aliphatic carbocycles. The van der Waals surface area contributed by atoms with Crippen molar-refractivity contribution in [2.24, 2.45) is 5.92 Å². The Labute approximate surface area is 161 Å². The van der Waals surface area contributed by atoms with Crippen molar-refractivity contribution in [2.45, 2.75) is 19.8 Å². The number of esters is 1. The highest BCUT2D eigenvalue weighted by Crippen LogP contribution is 2.37. The lowest BCUT2D eigenvalue weighted by Crippen LogP contribution is -2.45. The van der Waals surface area contributed by atoms with Crippen LogP contribution < -0.4 is 9.47 Å². The molecule has 1 aromatic rings. The molecule has 1 heterocycles. The van der Waals surface area contributed by atoms with E-state index in [1.165, 1.54) is 4.90 Å². The summed E-state index contributed by atoms with van der Waals surface area (Å²) in [7, 11) is 3.42. The fourth-order valence-corrected chi connectivity index (χ4v) is 3.29. The molecular weight excluding hydrogens is 402 g/mol. The smallest absolute Gasteiger partial charge is 0.319 e. The minimum absolute atomic E-state index is 0.0507. The molecule has 2 amide bonds. The van der Waals surface area contributed by atoms with Crippen LogP contribution in [0.1, 0.15) is 25.3 Å². The third-order valence-corrected chi connectivity index (χ3v) is 4.71. The molecule has 140 valence electrons. The van der Waals surface area contributed by atoms with Crippen LogP contribution in [0.3, 0.4) is 0 Å². The number of hydrogen-bond acceptors (Lipinski definition) is 5. The van der Waals surface area contributed by atoms with E-state index in [1.54, 1.807) is 31.1 Å². The van der Waals surface area contributed by atoms with Crippen molar-refractivity contribution in [1.29, 1.82) is 5.26 Å². The number of amides is 2. The van der Waals surface area contributed by atoms with Crippen LogP contribution in [0.15, 0.2) is 16.6 Å². The predicted molar refractivity (Wildman–Crippen MR) is 99.0 cm³/mol. The number of nitrogens with zero attached hydrogens (tertiary/aromatic N) is 3. The average molecular weight is 424 g/mol. The van der Waals surface area contributed by atoms with Crippen LogP contribution in [0.4, 0.5) is 4.79 Å². The minimum atomic E-state index is -0.353. The largest absolute Gasteiger partial charge is 0.490 e. The highest BCUT2D eigenvalue weighted by Gasteiger charge is 2.30. The molecule has 2 rings (SSSR count).